The maximum atomic E-state index is 12.4. The van der Waals surface area contributed by atoms with E-state index in [0.717, 1.165) is 0 Å². The van der Waals surface area contributed by atoms with Crippen molar-refractivity contribution in [3.63, 3.8) is 0 Å². The summed E-state index contributed by atoms with van der Waals surface area (Å²) < 4.78 is 0. The first-order chi connectivity index (χ1) is 10.9. The zero-order valence-corrected chi connectivity index (χ0v) is 13.0. The molecule has 0 saturated carbocycles. The minimum Gasteiger partial charge on any atom is -0.508 e. The van der Waals surface area contributed by atoms with Crippen LogP contribution in [-0.2, 0) is 14.4 Å². The number of carboxylic acid groups (broad SMARTS) is 2. The Balaban J connectivity index is 2.19. The number of thioether (sulfide) groups is 1. The maximum absolute atomic E-state index is 12.4. The van der Waals surface area contributed by atoms with Crippen LogP contribution in [0.15, 0.2) is 24.3 Å². The molecule has 1 heterocycles. The van der Waals surface area contributed by atoms with E-state index in [0.29, 0.717) is 5.56 Å². The molecule has 2 atom stereocenters. The average molecular weight is 339 g/mol. The van der Waals surface area contributed by atoms with E-state index in [-0.39, 0.29) is 30.8 Å². The van der Waals surface area contributed by atoms with E-state index in [1.807, 2.05) is 0 Å². The van der Waals surface area contributed by atoms with Crippen LogP contribution in [0.1, 0.15) is 30.2 Å². The molecule has 0 aliphatic carbocycles. The van der Waals surface area contributed by atoms with Gasteiger partial charge in [0.1, 0.15) is 17.2 Å². The van der Waals surface area contributed by atoms with Gasteiger partial charge >= 0.3 is 11.9 Å². The van der Waals surface area contributed by atoms with E-state index in [9.17, 15) is 24.6 Å². The molecule has 0 spiro atoms. The molecule has 1 unspecified atom stereocenters. The van der Waals surface area contributed by atoms with Crippen molar-refractivity contribution < 1.29 is 29.7 Å². The number of amides is 1. The summed E-state index contributed by atoms with van der Waals surface area (Å²) in [7, 11) is 0. The Morgan fingerprint density at radius 3 is 2.57 bits per heavy atom. The molecule has 1 fully saturated rings. The smallest absolute Gasteiger partial charge is 0.327 e. The van der Waals surface area contributed by atoms with E-state index in [2.05, 4.69) is 0 Å². The van der Waals surface area contributed by atoms with Crippen LogP contribution in [0.2, 0.25) is 0 Å². The van der Waals surface area contributed by atoms with Crippen LogP contribution in [0, 0.1) is 0 Å². The SMILES string of the molecule is O=C(O)CCCC(=O)N1C(c2cccc(O)c2)SC[C@H]1C(=O)O. The molecule has 8 heteroatoms. The molecule has 1 aromatic rings. The Hall–Kier alpha value is -2.22. The van der Waals surface area contributed by atoms with Crippen molar-refractivity contribution in [1.82, 2.24) is 4.90 Å². The van der Waals surface area contributed by atoms with Gasteiger partial charge in [-0.25, -0.2) is 4.79 Å². The first-order valence-electron chi connectivity index (χ1n) is 7.06. The summed E-state index contributed by atoms with van der Waals surface area (Å²) in [5.74, 6) is -2.18. The van der Waals surface area contributed by atoms with Crippen LogP contribution in [-0.4, -0.2) is 49.9 Å². The summed E-state index contributed by atoms with van der Waals surface area (Å²) in [5.41, 5.74) is 0.644. The van der Waals surface area contributed by atoms with Crippen molar-refractivity contribution in [2.24, 2.45) is 0 Å². The standard InChI is InChI=1S/C15H17NO6S/c17-10-4-1-3-9(7-10)14-16(11(8-23-14)15(21)22)12(18)5-2-6-13(19)20/h1,3-4,7,11,14,17H,2,5-6,8H2,(H,19,20)(H,21,22)/t11-,14?/m0/s1. The number of aliphatic carboxylic acids is 2. The number of carbonyl (C=O) groups is 3. The second-order valence-electron chi connectivity index (χ2n) is 5.18. The molecule has 1 aromatic carbocycles. The van der Waals surface area contributed by atoms with Crippen LogP contribution < -0.4 is 0 Å². The zero-order chi connectivity index (χ0) is 17.0. The fourth-order valence-corrected chi connectivity index (χ4v) is 3.89. The zero-order valence-electron chi connectivity index (χ0n) is 12.2. The monoisotopic (exact) mass is 339 g/mol. The Morgan fingerprint density at radius 1 is 1.22 bits per heavy atom. The van der Waals surface area contributed by atoms with Crippen molar-refractivity contribution in [2.75, 3.05) is 5.75 Å². The largest absolute Gasteiger partial charge is 0.508 e. The van der Waals surface area contributed by atoms with Gasteiger partial charge in [0.2, 0.25) is 5.91 Å². The minimum atomic E-state index is -1.09. The number of rotatable bonds is 6. The van der Waals surface area contributed by atoms with Gasteiger partial charge in [0.05, 0.1) is 0 Å². The maximum Gasteiger partial charge on any atom is 0.327 e. The van der Waals surface area contributed by atoms with Gasteiger partial charge in [-0.1, -0.05) is 12.1 Å². The number of benzene rings is 1. The van der Waals surface area contributed by atoms with Gasteiger partial charge in [0.15, 0.2) is 0 Å². The molecule has 3 N–H and O–H groups in total. The third kappa shape index (κ3) is 4.16. The fraction of sp³-hybridized carbons (Fsp3) is 0.400. The van der Waals surface area contributed by atoms with Crippen LogP contribution >= 0.6 is 11.8 Å². The van der Waals surface area contributed by atoms with Crippen molar-refractivity contribution >= 4 is 29.6 Å². The highest BCUT2D eigenvalue weighted by atomic mass is 32.2. The van der Waals surface area contributed by atoms with Gasteiger partial charge in [-0.05, 0) is 24.1 Å². The molecule has 23 heavy (non-hydrogen) atoms. The predicted octanol–water partition coefficient (Wildman–Crippen LogP) is 1.67. The lowest BCUT2D eigenvalue weighted by Crippen LogP contribution is -2.42. The first kappa shape index (κ1) is 17.1. The number of aromatic hydroxyl groups is 1. The van der Waals surface area contributed by atoms with Crippen LogP contribution in [0.3, 0.4) is 0 Å². The number of nitrogens with zero attached hydrogens (tertiary/aromatic N) is 1. The van der Waals surface area contributed by atoms with Crippen LogP contribution in [0.5, 0.6) is 5.75 Å². The molecule has 0 radical (unpaired) electrons. The van der Waals surface area contributed by atoms with Crippen molar-refractivity contribution in [1.29, 1.82) is 0 Å². The highest BCUT2D eigenvalue weighted by Gasteiger charge is 2.42. The van der Waals surface area contributed by atoms with Crippen LogP contribution in [0.25, 0.3) is 0 Å². The summed E-state index contributed by atoms with van der Waals surface area (Å²) in [5, 5.41) is 27.0. The Kier molecular flexibility index (Phi) is 5.49. The van der Waals surface area contributed by atoms with Gasteiger partial charge in [-0.3, -0.25) is 9.59 Å². The molecule has 124 valence electrons. The quantitative estimate of drug-likeness (QED) is 0.722. The highest BCUT2D eigenvalue weighted by Crippen LogP contribution is 2.42. The van der Waals surface area contributed by atoms with E-state index >= 15 is 0 Å². The van der Waals surface area contributed by atoms with E-state index in [4.69, 9.17) is 5.11 Å². The van der Waals surface area contributed by atoms with Crippen molar-refractivity contribution in [3.8, 4) is 5.75 Å². The fourth-order valence-electron chi connectivity index (χ4n) is 2.46. The molecule has 1 aliphatic heterocycles. The van der Waals surface area contributed by atoms with Gasteiger partial charge < -0.3 is 20.2 Å². The van der Waals surface area contributed by atoms with Crippen molar-refractivity contribution in [2.45, 2.75) is 30.7 Å². The molecule has 1 amide bonds. The van der Waals surface area contributed by atoms with Gasteiger partial charge in [0.25, 0.3) is 0 Å². The number of carboxylic acids is 2. The number of carbonyl (C=O) groups excluding carboxylic acids is 1. The molecule has 0 aromatic heterocycles. The van der Waals surface area contributed by atoms with E-state index in [1.165, 1.54) is 28.8 Å². The van der Waals surface area contributed by atoms with E-state index < -0.39 is 29.3 Å². The average Bonchev–Trinajstić information content (AvgIpc) is 2.91. The topological polar surface area (TPSA) is 115 Å². The third-order valence-electron chi connectivity index (χ3n) is 3.51. The molecule has 2 rings (SSSR count). The lowest BCUT2D eigenvalue weighted by Gasteiger charge is -2.27. The second-order valence-corrected chi connectivity index (χ2v) is 6.30. The summed E-state index contributed by atoms with van der Waals surface area (Å²) in [4.78, 5) is 35.6. The Labute approximate surface area is 136 Å². The first-order valence-corrected chi connectivity index (χ1v) is 8.11. The minimum absolute atomic E-state index is 0.0219. The lowest BCUT2D eigenvalue weighted by atomic mass is 10.1. The highest BCUT2D eigenvalue weighted by molar-refractivity contribution is 7.99. The predicted molar refractivity (Wildman–Crippen MR) is 83.1 cm³/mol. The molecule has 7 nitrogen and oxygen atoms in total. The van der Waals surface area contributed by atoms with Gasteiger partial charge in [0, 0.05) is 18.6 Å². The summed E-state index contributed by atoms with van der Waals surface area (Å²) in [6, 6.07) is 5.39. The van der Waals surface area contributed by atoms with Crippen LogP contribution in [0.4, 0.5) is 0 Å². The van der Waals surface area contributed by atoms with Crippen molar-refractivity contribution in [3.05, 3.63) is 29.8 Å². The normalized spacial score (nSPS) is 20.4. The Morgan fingerprint density at radius 2 is 1.96 bits per heavy atom. The van der Waals surface area contributed by atoms with Gasteiger partial charge in [-0.15, -0.1) is 11.8 Å². The molecule has 1 saturated heterocycles. The number of hydrogen-bond donors (Lipinski definition) is 3. The number of hydrogen-bond acceptors (Lipinski definition) is 5. The molecular formula is C15H17NO6S. The summed E-state index contributed by atoms with van der Waals surface area (Å²) in [6.45, 7) is 0. The molecule has 0 bridgehead atoms. The lowest BCUT2D eigenvalue weighted by molar-refractivity contribution is -0.149. The summed E-state index contributed by atoms with van der Waals surface area (Å²) >= 11 is 1.31. The molecular weight excluding hydrogens is 322 g/mol. The number of phenols is 1. The third-order valence-corrected chi connectivity index (χ3v) is 4.83. The van der Waals surface area contributed by atoms with E-state index in [1.54, 1.807) is 12.1 Å². The Bertz CT molecular complexity index is 620. The number of phenolic OH excluding ortho intramolecular Hbond substituents is 1. The molecule has 1 aliphatic rings. The second kappa shape index (κ2) is 7.36. The summed E-state index contributed by atoms with van der Waals surface area (Å²) in [6.07, 6.45) is 0.00163. The van der Waals surface area contributed by atoms with Gasteiger partial charge in [-0.2, -0.15) is 0 Å².